The maximum atomic E-state index is 13.0. The lowest BCUT2D eigenvalue weighted by molar-refractivity contribution is 0.0616. The molecule has 0 saturated carbocycles. The number of thioether (sulfide) groups is 1. The zero-order valence-corrected chi connectivity index (χ0v) is 15.2. The van der Waals surface area contributed by atoms with E-state index in [9.17, 15) is 9.59 Å². The molecule has 1 amide bonds. The predicted molar refractivity (Wildman–Crippen MR) is 94.6 cm³/mol. The first-order chi connectivity index (χ1) is 11.0. The molecule has 0 aliphatic carbocycles. The average Bonchev–Trinajstić information content (AvgIpc) is 2.95. The maximum Gasteiger partial charge on any atom is 0.272 e. The number of nitrogens with zero attached hydrogens (tertiary/aromatic N) is 3. The highest BCUT2D eigenvalue weighted by Crippen LogP contribution is 2.25. The minimum absolute atomic E-state index is 0.169. The second-order valence-electron chi connectivity index (χ2n) is 6.24. The third kappa shape index (κ3) is 3.17. The Morgan fingerprint density at radius 1 is 1.39 bits per heavy atom. The van der Waals surface area contributed by atoms with Crippen LogP contribution in [-0.2, 0) is 0 Å². The molecular formula is C16H21N3O2S2. The van der Waals surface area contributed by atoms with Gasteiger partial charge < -0.3 is 4.90 Å². The highest BCUT2D eigenvalue weighted by Gasteiger charge is 2.30. The molecule has 2 atom stereocenters. The predicted octanol–water partition coefficient (Wildman–Crippen LogP) is 2.99. The van der Waals surface area contributed by atoms with Crippen LogP contribution in [0.5, 0.6) is 0 Å². The van der Waals surface area contributed by atoms with E-state index in [4.69, 9.17) is 0 Å². The molecule has 3 heterocycles. The summed E-state index contributed by atoms with van der Waals surface area (Å²) < 4.78 is 1.48. The molecule has 124 valence electrons. The van der Waals surface area contributed by atoms with E-state index < -0.39 is 0 Å². The normalized spacial score (nSPS) is 21.8. The smallest absolute Gasteiger partial charge is 0.272 e. The first-order valence-electron chi connectivity index (χ1n) is 7.93. The van der Waals surface area contributed by atoms with Gasteiger partial charge in [-0.3, -0.25) is 14.0 Å². The summed E-state index contributed by atoms with van der Waals surface area (Å²) >= 11 is 2.87. The maximum absolute atomic E-state index is 13.0. The van der Waals surface area contributed by atoms with Gasteiger partial charge >= 0.3 is 0 Å². The van der Waals surface area contributed by atoms with Gasteiger partial charge in [0.1, 0.15) is 10.6 Å². The molecule has 2 unspecified atom stereocenters. The van der Waals surface area contributed by atoms with Gasteiger partial charge in [0.05, 0.1) is 0 Å². The van der Waals surface area contributed by atoms with Gasteiger partial charge in [-0.2, -0.15) is 0 Å². The molecule has 0 N–H and O–H groups in total. The fourth-order valence-corrected chi connectivity index (χ4v) is 4.78. The highest BCUT2D eigenvalue weighted by molar-refractivity contribution is 7.99. The van der Waals surface area contributed by atoms with E-state index in [1.165, 1.54) is 27.5 Å². The van der Waals surface area contributed by atoms with Crippen LogP contribution in [0.2, 0.25) is 0 Å². The van der Waals surface area contributed by atoms with E-state index in [0.29, 0.717) is 34.9 Å². The third-order valence-corrected chi connectivity index (χ3v) is 5.70. The van der Waals surface area contributed by atoms with Crippen LogP contribution in [-0.4, -0.2) is 39.0 Å². The Morgan fingerprint density at radius 3 is 2.74 bits per heavy atom. The summed E-state index contributed by atoms with van der Waals surface area (Å²) in [5.74, 6) is 1.54. The molecule has 0 aromatic carbocycles. The number of thiazole rings is 1. The number of rotatable bonds is 3. The monoisotopic (exact) mass is 351 g/mol. The van der Waals surface area contributed by atoms with Gasteiger partial charge in [0, 0.05) is 24.7 Å². The van der Waals surface area contributed by atoms with Crippen molar-refractivity contribution in [3.63, 3.8) is 0 Å². The number of aromatic nitrogens is 2. The molecule has 0 bridgehead atoms. The van der Waals surface area contributed by atoms with Gasteiger partial charge in [0.25, 0.3) is 11.5 Å². The summed E-state index contributed by atoms with van der Waals surface area (Å²) in [5, 5.41) is 2.39. The molecule has 1 aliphatic rings. The number of likely N-dealkylation sites (tertiary alicyclic amines) is 1. The van der Waals surface area contributed by atoms with Crippen LogP contribution in [0.25, 0.3) is 4.96 Å². The fourth-order valence-electron chi connectivity index (χ4n) is 3.27. The van der Waals surface area contributed by atoms with Gasteiger partial charge in [-0.15, -0.1) is 23.1 Å². The molecule has 0 spiro atoms. The Balaban J connectivity index is 2.06. The molecule has 2 aromatic heterocycles. The van der Waals surface area contributed by atoms with E-state index in [1.807, 2.05) is 17.2 Å². The Bertz CT molecular complexity index is 773. The van der Waals surface area contributed by atoms with Gasteiger partial charge in [0.2, 0.25) is 0 Å². The summed E-state index contributed by atoms with van der Waals surface area (Å²) in [7, 11) is 0. The van der Waals surface area contributed by atoms with Crippen LogP contribution >= 0.6 is 23.1 Å². The van der Waals surface area contributed by atoms with Crippen molar-refractivity contribution in [1.82, 2.24) is 14.3 Å². The molecule has 0 radical (unpaired) electrons. The number of amides is 1. The van der Waals surface area contributed by atoms with Crippen molar-refractivity contribution in [2.45, 2.75) is 32.2 Å². The number of piperidine rings is 1. The van der Waals surface area contributed by atoms with Gasteiger partial charge in [-0.05, 0) is 24.0 Å². The summed E-state index contributed by atoms with van der Waals surface area (Å²) in [6, 6.07) is 0. The van der Waals surface area contributed by atoms with E-state index in [1.54, 1.807) is 6.20 Å². The molecule has 23 heavy (non-hydrogen) atoms. The average molecular weight is 351 g/mol. The van der Waals surface area contributed by atoms with Crippen LogP contribution < -0.4 is 5.56 Å². The van der Waals surface area contributed by atoms with Gasteiger partial charge in [-0.1, -0.05) is 20.8 Å². The van der Waals surface area contributed by atoms with Crippen molar-refractivity contribution in [2.24, 2.45) is 11.8 Å². The Morgan fingerprint density at radius 2 is 2.09 bits per heavy atom. The second-order valence-corrected chi connectivity index (χ2v) is 8.37. The molecule has 1 fully saturated rings. The van der Waals surface area contributed by atoms with Gasteiger partial charge in [0.15, 0.2) is 4.96 Å². The number of fused-ring (bicyclic) bond motifs is 1. The van der Waals surface area contributed by atoms with Crippen LogP contribution in [0.4, 0.5) is 0 Å². The zero-order chi connectivity index (χ0) is 16.6. The molecule has 7 heteroatoms. The fraction of sp³-hybridized carbons (Fsp3) is 0.562. The summed E-state index contributed by atoms with van der Waals surface area (Å²) in [6.45, 7) is 7.74. The van der Waals surface area contributed by atoms with Gasteiger partial charge in [-0.25, -0.2) is 4.98 Å². The number of carbonyl (C=O) groups is 1. The molecular weight excluding hydrogens is 330 g/mol. The molecule has 2 aromatic rings. The Hall–Kier alpha value is -1.34. The molecule has 1 aliphatic heterocycles. The van der Waals surface area contributed by atoms with E-state index >= 15 is 0 Å². The number of carbonyl (C=O) groups excluding carboxylic acids is 1. The van der Waals surface area contributed by atoms with Crippen LogP contribution in [0, 0.1) is 11.8 Å². The third-order valence-electron chi connectivity index (χ3n) is 4.08. The largest absolute Gasteiger partial charge is 0.338 e. The highest BCUT2D eigenvalue weighted by atomic mass is 32.2. The van der Waals surface area contributed by atoms with Crippen molar-refractivity contribution in [2.75, 3.05) is 18.8 Å². The second kappa shape index (κ2) is 6.65. The SMILES string of the molecule is CCSc1nc2sccn2c(=O)c1C(=O)N1CC(C)CC(C)C1. The lowest BCUT2D eigenvalue weighted by Gasteiger charge is -2.35. The van der Waals surface area contributed by atoms with Crippen molar-refractivity contribution < 1.29 is 4.79 Å². The Labute approximate surface area is 143 Å². The summed E-state index contributed by atoms with van der Waals surface area (Å²) in [6.07, 6.45) is 2.81. The van der Waals surface area contributed by atoms with Crippen LogP contribution in [0.15, 0.2) is 21.4 Å². The number of hydrogen-bond acceptors (Lipinski definition) is 5. The van der Waals surface area contributed by atoms with Crippen molar-refractivity contribution >= 4 is 34.0 Å². The Kier molecular flexibility index (Phi) is 4.77. The minimum Gasteiger partial charge on any atom is -0.338 e. The molecule has 5 nitrogen and oxygen atoms in total. The molecule has 3 rings (SSSR count). The number of hydrogen-bond donors (Lipinski definition) is 0. The van der Waals surface area contributed by atoms with Crippen molar-refractivity contribution in [1.29, 1.82) is 0 Å². The summed E-state index contributed by atoms with van der Waals surface area (Å²) in [4.78, 5) is 32.8. The summed E-state index contributed by atoms with van der Waals surface area (Å²) in [5.41, 5.74) is -0.0165. The lowest BCUT2D eigenvalue weighted by atomic mass is 9.91. The van der Waals surface area contributed by atoms with Crippen molar-refractivity contribution in [3.8, 4) is 0 Å². The standard InChI is InChI=1S/C16H21N3O2S2/c1-4-22-13-12(15(21)19-5-6-23-16(19)17-13)14(20)18-8-10(2)7-11(3)9-18/h5-6,10-11H,4,7-9H2,1-3H3. The van der Waals surface area contributed by atoms with E-state index in [0.717, 1.165) is 12.2 Å². The molecule has 1 saturated heterocycles. The topological polar surface area (TPSA) is 54.7 Å². The first-order valence-corrected chi connectivity index (χ1v) is 9.79. The quantitative estimate of drug-likeness (QED) is 0.630. The van der Waals surface area contributed by atoms with E-state index in [2.05, 4.69) is 18.8 Å². The minimum atomic E-state index is -0.247. The van der Waals surface area contributed by atoms with Crippen molar-refractivity contribution in [3.05, 3.63) is 27.5 Å². The van der Waals surface area contributed by atoms with Crippen LogP contribution in [0.1, 0.15) is 37.6 Å². The lowest BCUT2D eigenvalue weighted by Crippen LogP contribution is -2.44. The van der Waals surface area contributed by atoms with E-state index in [-0.39, 0.29) is 17.0 Å². The van der Waals surface area contributed by atoms with Crippen LogP contribution in [0.3, 0.4) is 0 Å². The first kappa shape index (κ1) is 16.5. The zero-order valence-electron chi connectivity index (χ0n) is 13.6.